The number of hydrogen-bond donors (Lipinski definition) is 1. The fourth-order valence-electron chi connectivity index (χ4n) is 4.13. The summed E-state index contributed by atoms with van der Waals surface area (Å²) in [4.78, 5) is 39.2. The fraction of sp³-hybridized carbons (Fsp3) is 0.435. The van der Waals surface area contributed by atoms with Gasteiger partial charge in [-0.2, -0.15) is 0 Å². The van der Waals surface area contributed by atoms with Crippen LogP contribution in [0, 0.1) is 26.7 Å². The summed E-state index contributed by atoms with van der Waals surface area (Å²) in [5.41, 5.74) is 3.84. The topological polar surface area (TPSA) is 71.4 Å². The van der Waals surface area contributed by atoms with Crippen molar-refractivity contribution in [3.63, 3.8) is 0 Å². The molecule has 6 nitrogen and oxygen atoms in total. The van der Waals surface area contributed by atoms with E-state index in [4.69, 9.17) is 0 Å². The lowest BCUT2D eigenvalue weighted by atomic mass is 9.95. The highest BCUT2D eigenvalue weighted by Crippen LogP contribution is 2.19. The first-order chi connectivity index (χ1) is 13.8. The van der Waals surface area contributed by atoms with Gasteiger partial charge in [0.1, 0.15) is 5.56 Å². The van der Waals surface area contributed by atoms with Gasteiger partial charge in [0.15, 0.2) is 0 Å². The average Bonchev–Trinajstić information content (AvgIpc) is 2.67. The summed E-state index contributed by atoms with van der Waals surface area (Å²) in [6, 6.07) is 7.36. The predicted molar refractivity (Wildman–Crippen MR) is 113 cm³/mol. The summed E-state index contributed by atoms with van der Waals surface area (Å²) in [7, 11) is 1.64. The maximum Gasteiger partial charge on any atom is 0.263 e. The number of pyridine rings is 1. The second-order valence-electron chi connectivity index (χ2n) is 8.06. The second-order valence-corrected chi connectivity index (χ2v) is 8.06. The smallest absolute Gasteiger partial charge is 0.263 e. The van der Waals surface area contributed by atoms with E-state index in [-0.39, 0.29) is 22.9 Å². The van der Waals surface area contributed by atoms with E-state index in [9.17, 15) is 14.4 Å². The Morgan fingerprint density at radius 2 is 1.72 bits per heavy atom. The lowest BCUT2D eigenvalue weighted by Gasteiger charge is -2.32. The number of likely N-dealkylation sites (tertiary alicyclic amines) is 1. The molecule has 1 fully saturated rings. The number of hydrogen-bond acceptors (Lipinski definition) is 3. The number of carbonyl (C=O) groups excluding carboxylic acids is 2. The largest absolute Gasteiger partial charge is 0.352 e. The Morgan fingerprint density at radius 3 is 2.34 bits per heavy atom. The molecule has 0 spiro atoms. The number of piperidine rings is 1. The molecule has 0 bridgehead atoms. The van der Waals surface area contributed by atoms with Crippen molar-refractivity contribution in [3.8, 4) is 0 Å². The number of aromatic nitrogens is 1. The third-order valence-electron chi connectivity index (χ3n) is 5.71. The first kappa shape index (κ1) is 20.8. The molecule has 1 N–H and O–H groups in total. The van der Waals surface area contributed by atoms with Crippen molar-refractivity contribution >= 4 is 11.8 Å². The fourth-order valence-corrected chi connectivity index (χ4v) is 4.13. The predicted octanol–water partition coefficient (Wildman–Crippen LogP) is 2.59. The van der Waals surface area contributed by atoms with Gasteiger partial charge in [-0.05, 0) is 62.8 Å². The number of aryl methyl sites for hydroxylation is 4. The Morgan fingerprint density at radius 1 is 1.10 bits per heavy atom. The molecule has 0 aliphatic carbocycles. The molecule has 2 amide bonds. The van der Waals surface area contributed by atoms with Crippen LogP contribution in [0.1, 0.15) is 50.2 Å². The maximum absolute atomic E-state index is 12.7. The van der Waals surface area contributed by atoms with E-state index in [0.29, 0.717) is 25.6 Å². The minimum Gasteiger partial charge on any atom is -0.352 e. The van der Waals surface area contributed by atoms with E-state index in [2.05, 4.69) is 5.32 Å². The second kappa shape index (κ2) is 8.64. The van der Waals surface area contributed by atoms with Crippen molar-refractivity contribution in [1.82, 2.24) is 14.8 Å². The summed E-state index contributed by atoms with van der Waals surface area (Å²) < 4.78 is 1.42. The number of amides is 2. The molecule has 0 saturated carbocycles. The van der Waals surface area contributed by atoms with Gasteiger partial charge in [-0.15, -0.1) is 0 Å². The van der Waals surface area contributed by atoms with E-state index in [1.165, 1.54) is 4.57 Å². The standard InChI is InChI=1S/C23H29N3O3/c1-15-12-16(2)20(17(3)13-15)21(27)24-14-18-7-10-26(11-8-18)23(29)19-6-5-9-25(4)22(19)28/h5-6,9,12-13,18H,7-8,10-11,14H2,1-4H3,(H,24,27). The van der Waals surface area contributed by atoms with Crippen LogP contribution in [0.2, 0.25) is 0 Å². The van der Waals surface area contributed by atoms with Crippen LogP contribution < -0.4 is 10.9 Å². The van der Waals surface area contributed by atoms with Gasteiger partial charge < -0.3 is 14.8 Å². The van der Waals surface area contributed by atoms with E-state index < -0.39 is 0 Å². The molecule has 1 aliphatic heterocycles. The van der Waals surface area contributed by atoms with Gasteiger partial charge in [0.2, 0.25) is 0 Å². The van der Waals surface area contributed by atoms with Gasteiger partial charge in [-0.3, -0.25) is 14.4 Å². The quantitative estimate of drug-likeness (QED) is 0.865. The minimum absolute atomic E-state index is 0.0358. The zero-order chi connectivity index (χ0) is 21.1. The molecule has 6 heteroatoms. The van der Waals surface area contributed by atoms with E-state index in [1.807, 2.05) is 32.9 Å². The van der Waals surface area contributed by atoms with Crippen LogP contribution in [0.4, 0.5) is 0 Å². The molecule has 1 saturated heterocycles. The minimum atomic E-state index is -0.268. The Balaban J connectivity index is 1.55. The molecule has 154 valence electrons. The molecule has 3 rings (SSSR count). The molecule has 0 radical (unpaired) electrons. The molecule has 2 aromatic rings. The van der Waals surface area contributed by atoms with Crippen LogP contribution in [-0.2, 0) is 7.05 Å². The first-order valence-electron chi connectivity index (χ1n) is 10.1. The van der Waals surface area contributed by atoms with Crippen molar-refractivity contribution in [1.29, 1.82) is 0 Å². The summed E-state index contributed by atoms with van der Waals surface area (Å²) in [5.74, 6) is 0.0820. The number of carbonyl (C=O) groups is 2. The number of rotatable bonds is 4. The van der Waals surface area contributed by atoms with Crippen LogP contribution in [-0.4, -0.2) is 40.9 Å². The highest BCUT2D eigenvalue weighted by molar-refractivity contribution is 5.97. The van der Waals surface area contributed by atoms with Gasteiger partial charge in [0.25, 0.3) is 17.4 Å². The lowest BCUT2D eigenvalue weighted by Crippen LogP contribution is -2.43. The highest BCUT2D eigenvalue weighted by Gasteiger charge is 2.26. The number of nitrogens with zero attached hydrogens (tertiary/aromatic N) is 2. The van der Waals surface area contributed by atoms with E-state index in [1.54, 1.807) is 30.3 Å². The molecule has 0 atom stereocenters. The number of nitrogens with one attached hydrogen (secondary N) is 1. The Hall–Kier alpha value is -2.89. The summed E-state index contributed by atoms with van der Waals surface area (Å²) in [6.45, 7) is 7.75. The van der Waals surface area contributed by atoms with Gasteiger partial charge in [0, 0.05) is 38.4 Å². The zero-order valence-corrected chi connectivity index (χ0v) is 17.6. The van der Waals surface area contributed by atoms with E-state index in [0.717, 1.165) is 35.1 Å². The molecule has 1 aromatic heterocycles. The third kappa shape index (κ3) is 4.58. The summed E-state index contributed by atoms with van der Waals surface area (Å²) in [6.07, 6.45) is 3.27. The Bertz CT molecular complexity index is 962. The highest BCUT2D eigenvalue weighted by atomic mass is 16.2. The summed E-state index contributed by atoms with van der Waals surface area (Å²) >= 11 is 0. The Kier molecular flexibility index (Phi) is 6.20. The SMILES string of the molecule is Cc1cc(C)c(C(=O)NCC2CCN(C(=O)c3cccn(C)c3=O)CC2)c(C)c1. The normalized spacial score (nSPS) is 14.7. The van der Waals surface area contributed by atoms with Gasteiger partial charge in [-0.1, -0.05) is 17.7 Å². The zero-order valence-electron chi connectivity index (χ0n) is 17.6. The van der Waals surface area contributed by atoms with Crippen LogP contribution in [0.5, 0.6) is 0 Å². The van der Waals surface area contributed by atoms with Crippen LogP contribution in [0.15, 0.2) is 35.3 Å². The molecule has 1 aliphatic rings. The average molecular weight is 396 g/mol. The van der Waals surface area contributed by atoms with Crippen LogP contribution in [0.3, 0.4) is 0 Å². The van der Waals surface area contributed by atoms with Crippen molar-refractivity contribution in [2.45, 2.75) is 33.6 Å². The molecule has 0 unspecified atom stereocenters. The lowest BCUT2D eigenvalue weighted by molar-refractivity contribution is 0.0682. The summed E-state index contributed by atoms with van der Waals surface area (Å²) in [5, 5.41) is 3.07. The molecule has 1 aromatic carbocycles. The Labute approximate surface area is 171 Å². The van der Waals surface area contributed by atoms with Gasteiger partial charge in [0.05, 0.1) is 0 Å². The molecular formula is C23H29N3O3. The number of benzene rings is 1. The van der Waals surface area contributed by atoms with Crippen LogP contribution >= 0.6 is 0 Å². The van der Waals surface area contributed by atoms with Crippen molar-refractivity contribution in [2.24, 2.45) is 13.0 Å². The van der Waals surface area contributed by atoms with Gasteiger partial charge in [-0.25, -0.2) is 0 Å². The van der Waals surface area contributed by atoms with Crippen LogP contribution in [0.25, 0.3) is 0 Å². The van der Waals surface area contributed by atoms with Crippen molar-refractivity contribution < 1.29 is 9.59 Å². The van der Waals surface area contributed by atoms with Gasteiger partial charge >= 0.3 is 0 Å². The maximum atomic E-state index is 12.7. The first-order valence-corrected chi connectivity index (χ1v) is 10.1. The monoisotopic (exact) mass is 395 g/mol. The van der Waals surface area contributed by atoms with E-state index >= 15 is 0 Å². The third-order valence-corrected chi connectivity index (χ3v) is 5.71. The molecular weight excluding hydrogens is 366 g/mol. The molecule has 29 heavy (non-hydrogen) atoms. The van der Waals surface area contributed by atoms with Crippen molar-refractivity contribution in [2.75, 3.05) is 19.6 Å². The molecule has 2 heterocycles. The van der Waals surface area contributed by atoms with Crippen molar-refractivity contribution in [3.05, 3.63) is 68.6 Å².